The van der Waals surface area contributed by atoms with Crippen molar-refractivity contribution >= 4 is 29.7 Å². The smallest absolute Gasteiger partial charge is 0.338 e. The zero-order valence-corrected chi connectivity index (χ0v) is 18.1. The van der Waals surface area contributed by atoms with Gasteiger partial charge in [0.05, 0.1) is 11.2 Å². The van der Waals surface area contributed by atoms with Crippen LogP contribution in [0.3, 0.4) is 0 Å². The number of ether oxygens (including phenoxy) is 5. The second-order valence-corrected chi connectivity index (χ2v) is 8.44. The van der Waals surface area contributed by atoms with Gasteiger partial charge in [0.1, 0.15) is 18.8 Å². The van der Waals surface area contributed by atoms with E-state index in [1.807, 2.05) is 0 Å². The second-order valence-electron chi connectivity index (χ2n) is 8.44. The summed E-state index contributed by atoms with van der Waals surface area (Å²) >= 11 is 0. The number of fused-ring (bicyclic) bond motifs is 3. The van der Waals surface area contributed by atoms with Gasteiger partial charge in [-0.2, -0.15) is 0 Å². The maximum atomic E-state index is 13.0. The van der Waals surface area contributed by atoms with Crippen molar-refractivity contribution in [2.45, 2.75) is 83.4 Å². The normalized spacial score (nSPS) is 34.8. The van der Waals surface area contributed by atoms with E-state index in [1.54, 1.807) is 6.92 Å². The molecule has 0 spiro atoms. The molecule has 1 saturated heterocycles. The molecule has 2 aliphatic heterocycles. The van der Waals surface area contributed by atoms with Gasteiger partial charge in [0.25, 0.3) is 0 Å². The molecule has 31 heavy (non-hydrogen) atoms. The maximum Gasteiger partial charge on any atom is 0.338 e. The summed E-state index contributed by atoms with van der Waals surface area (Å²) in [7, 11) is 0. The molecule has 0 N–H and O–H groups in total. The average Bonchev–Trinajstić information content (AvgIpc) is 3.19. The van der Waals surface area contributed by atoms with E-state index < -0.39 is 53.4 Å². The summed E-state index contributed by atoms with van der Waals surface area (Å²) in [4.78, 5) is 60.6. The highest BCUT2D eigenvalue weighted by Crippen LogP contribution is 2.50. The van der Waals surface area contributed by atoms with Gasteiger partial charge in [-0.3, -0.25) is 19.2 Å². The van der Waals surface area contributed by atoms with Gasteiger partial charge in [0.2, 0.25) is 0 Å². The molecule has 0 bridgehead atoms. The summed E-state index contributed by atoms with van der Waals surface area (Å²) in [6.07, 6.45) is -2.41. The molecule has 0 aromatic heterocycles. The number of esters is 4. The number of carbonyl (C=O) groups is 5. The van der Waals surface area contributed by atoms with Crippen LogP contribution in [0.5, 0.6) is 0 Å². The van der Waals surface area contributed by atoms with Crippen LogP contribution in [0, 0.1) is 0 Å². The maximum absolute atomic E-state index is 13.0. The molecule has 0 amide bonds. The Morgan fingerprint density at radius 2 is 1.74 bits per heavy atom. The molecule has 1 unspecified atom stereocenters. The molecule has 3 aliphatic rings. The van der Waals surface area contributed by atoms with Crippen LogP contribution in [0.2, 0.25) is 0 Å². The number of rotatable bonds is 4. The van der Waals surface area contributed by atoms with E-state index in [9.17, 15) is 24.0 Å². The molecule has 170 valence electrons. The molecule has 5 atom stereocenters. The summed E-state index contributed by atoms with van der Waals surface area (Å²) in [5, 5.41) is 0. The zero-order valence-electron chi connectivity index (χ0n) is 18.1. The molecule has 10 nitrogen and oxygen atoms in total. The topological polar surface area (TPSA) is 135 Å². The Hall–Kier alpha value is -2.75. The first-order chi connectivity index (χ1) is 14.4. The van der Waals surface area contributed by atoms with Crippen LogP contribution in [0.25, 0.3) is 0 Å². The predicted octanol–water partition coefficient (Wildman–Crippen LogP) is 0.935. The number of carbonyl (C=O) groups excluding carboxylic acids is 5. The van der Waals surface area contributed by atoms with Crippen LogP contribution in [-0.2, 0) is 47.7 Å². The molecule has 1 saturated carbocycles. The van der Waals surface area contributed by atoms with Gasteiger partial charge < -0.3 is 23.7 Å². The first-order valence-electron chi connectivity index (χ1n) is 10.0. The van der Waals surface area contributed by atoms with Crippen molar-refractivity contribution < 1.29 is 47.7 Å². The van der Waals surface area contributed by atoms with Gasteiger partial charge in [-0.15, -0.1) is 0 Å². The fourth-order valence-corrected chi connectivity index (χ4v) is 4.22. The molecule has 10 heteroatoms. The van der Waals surface area contributed by atoms with Crippen molar-refractivity contribution in [1.82, 2.24) is 0 Å². The fraction of sp³-hybridized carbons (Fsp3) is 0.667. The molecular weight excluding hydrogens is 412 g/mol. The molecular formula is C21H26O10. The van der Waals surface area contributed by atoms with E-state index in [-0.39, 0.29) is 36.4 Å². The lowest BCUT2D eigenvalue weighted by molar-refractivity contribution is -0.169. The third-order valence-electron chi connectivity index (χ3n) is 5.81. The largest absolute Gasteiger partial charge is 0.461 e. The van der Waals surface area contributed by atoms with Gasteiger partial charge in [-0.25, -0.2) is 4.79 Å². The van der Waals surface area contributed by atoms with Gasteiger partial charge in [-0.1, -0.05) is 0 Å². The number of ketones is 1. The molecule has 3 rings (SSSR count). The van der Waals surface area contributed by atoms with Crippen molar-refractivity contribution in [2.24, 2.45) is 0 Å². The second kappa shape index (κ2) is 8.07. The quantitative estimate of drug-likeness (QED) is 0.354. The lowest BCUT2D eigenvalue weighted by atomic mass is 9.80. The minimum absolute atomic E-state index is 0.0162. The third kappa shape index (κ3) is 4.63. The van der Waals surface area contributed by atoms with Gasteiger partial charge in [0, 0.05) is 39.2 Å². The summed E-state index contributed by atoms with van der Waals surface area (Å²) in [6, 6.07) is 0. The molecule has 2 fully saturated rings. The highest BCUT2D eigenvalue weighted by atomic mass is 16.7. The Morgan fingerprint density at radius 1 is 1.06 bits per heavy atom. The van der Waals surface area contributed by atoms with Crippen molar-refractivity contribution in [3.63, 3.8) is 0 Å². The van der Waals surface area contributed by atoms with E-state index in [0.717, 1.165) is 0 Å². The Kier molecular flexibility index (Phi) is 5.96. The van der Waals surface area contributed by atoms with Crippen LogP contribution >= 0.6 is 0 Å². The van der Waals surface area contributed by atoms with Gasteiger partial charge in [-0.05, 0) is 20.3 Å². The average molecular weight is 438 g/mol. The molecule has 0 aromatic rings. The minimum atomic E-state index is -1.61. The van der Waals surface area contributed by atoms with Crippen molar-refractivity contribution in [3.05, 3.63) is 11.1 Å². The fourth-order valence-electron chi connectivity index (χ4n) is 4.22. The Labute approximate surface area is 179 Å². The van der Waals surface area contributed by atoms with Crippen LogP contribution in [-0.4, -0.2) is 65.8 Å². The van der Waals surface area contributed by atoms with Crippen LogP contribution < -0.4 is 0 Å². The molecule has 0 radical (unpaired) electrons. The Morgan fingerprint density at radius 3 is 2.32 bits per heavy atom. The van der Waals surface area contributed by atoms with Gasteiger partial charge >= 0.3 is 23.9 Å². The van der Waals surface area contributed by atoms with Crippen molar-refractivity contribution in [2.75, 3.05) is 6.61 Å². The van der Waals surface area contributed by atoms with E-state index in [2.05, 4.69) is 0 Å². The molecule has 0 aromatic carbocycles. The third-order valence-corrected chi connectivity index (χ3v) is 5.81. The summed E-state index contributed by atoms with van der Waals surface area (Å²) in [6.45, 7) is 6.39. The van der Waals surface area contributed by atoms with Gasteiger partial charge in [0.15, 0.2) is 17.5 Å². The van der Waals surface area contributed by atoms with E-state index in [0.29, 0.717) is 6.42 Å². The minimum Gasteiger partial charge on any atom is -0.461 e. The number of hydrogen-bond donors (Lipinski definition) is 0. The molecule has 1 aliphatic carbocycles. The predicted molar refractivity (Wildman–Crippen MR) is 101 cm³/mol. The lowest BCUT2D eigenvalue weighted by Gasteiger charge is -2.33. The van der Waals surface area contributed by atoms with Crippen LogP contribution in [0.1, 0.15) is 53.9 Å². The number of Topliss-reactive ketones (excluding diaryl/α,β-unsaturated/α-hetero) is 1. The number of hydrogen-bond acceptors (Lipinski definition) is 10. The van der Waals surface area contributed by atoms with E-state index in [1.165, 1.54) is 27.7 Å². The monoisotopic (exact) mass is 438 g/mol. The van der Waals surface area contributed by atoms with Crippen LogP contribution in [0.15, 0.2) is 11.1 Å². The SMILES string of the molecule is CC(=O)OCC1=C2C(OC(C)=O)C[C@@](C)(OC(C)=O)C(=O)CC[C@@]3(C)O[C@@H]3[C@H]2OC1=O. The lowest BCUT2D eigenvalue weighted by Crippen LogP contribution is -2.46. The first-order valence-corrected chi connectivity index (χ1v) is 10.0. The first kappa shape index (κ1) is 22.9. The van der Waals surface area contributed by atoms with Crippen LogP contribution in [0.4, 0.5) is 0 Å². The highest BCUT2D eigenvalue weighted by Gasteiger charge is 2.63. The number of epoxide rings is 1. The summed E-state index contributed by atoms with van der Waals surface area (Å²) in [5.74, 6) is -3.04. The highest BCUT2D eigenvalue weighted by molar-refractivity contribution is 5.94. The van der Waals surface area contributed by atoms with E-state index >= 15 is 0 Å². The van der Waals surface area contributed by atoms with Crippen molar-refractivity contribution in [1.29, 1.82) is 0 Å². The zero-order chi connectivity index (χ0) is 23.1. The summed E-state index contributed by atoms with van der Waals surface area (Å²) < 4.78 is 27.2. The Balaban J connectivity index is 2.12. The standard InChI is InChI=1S/C21H26O10/c1-10(22)27-9-13-16-14(28-11(2)23)8-21(5,30-12(3)24)15(25)6-7-20(4)18(31-20)17(16)29-19(13)26/h14,17-18H,6-9H2,1-5H3/t14?,17-,18+,20+,21+/m0/s1. The molecule has 2 heterocycles. The van der Waals surface area contributed by atoms with E-state index in [4.69, 9.17) is 23.7 Å². The van der Waals surface area contributed by atoms with Crippen molar-refractivity contribution in [3.8, 4) is 0 Å². The summed E-state index contributed by atoms with van der Waals surface area (Å²) in [5.41, 5.74) is -2.09. The Bertz CT molecular complexity index is 873.